The molecule has 56 heavy (non-hydrogen) atoms. The molecule has 0 unspecified atom stereocenters. The van der Waals surface area contributed by atoms with Crippen molar-refractivity contribution in [1.29, 1.82) is 0 Å². The van der Waals surface area contributed by atoms with Crippen LogP contribution in [0.3, 0.4) is 0 Å². The first-order valence-electron chi connectivity index (χ1n) is 18.6. The number of benzene rings is 2. The summed E-state index contributed by atoms with van der Waals surface area (Å²) in [5, 5.41) is 7.15. The van der Waals surface area contributed by atoms with E-state index in [9.17, 15) is 14.4 Å². The number of ether oxygens (including phenoxy) is 3. The lowest BCUT2D eigenvalue weighted by atomic mass is 9.97. The molecule has 2 N–H and O–H groups in total. The van der Waals surface area contributed by atoms with Gasteiger partial charge in [0.05, 0.1) is 35.5 Å². The molecule has 2 saturated heterocycles. The van der Waals surface area contributed by atoms with Crippen LogP contribution in [0.5, 0.6) is 5.88 Å². The SMILES string of the molecule is COc1nc(-c2cccc(-c3cccc(-c4ccn5c(=O)c(CNC[C@@H]6CCO6)cnc5c4)c3Cl)c2Cl)ccc1CN(C[C@@H]1CCC(=O)N1)C(=O)OC(C)(C)C. The van der Waals surface area contributed by atoms with Crippen LogP contribution in [-0.2, 0) is 27.4 Å². The summed E-state index contributed by atoms with van der Waals surface area (Å²) in [7, 11) is 1.52. The quantitative estimate of drug-likeness (QED) is 0.133. The van der Waals surface area contributed by atoms with Crippen molar-refractivity contribution < 1.29 is 23.8 Å². The molecule has 2 aliphatic heterocycles. The maximum atomic E-state index is 13.3. The molecule has 2 aliphatic rings. The third-order valence-electron chi connectivity index (χ3n) is 9.81. The van der Waals surface area contributed by atoms with E-state index in [-0.39, 0.29) is 36.7 Å². The van der Waals surface area contributed by atoms with Crippen molar-refractivity contribution in [1.82, 2.24) is 29.9 Å². The number of nitrogens with one attached hydrogen (secondary N) is 2. The standard InChI is InChI=1S/C42H44Cl2N6O6/c1-42(2,3)56-41(53)49(24-28-12-14-36(51)47-28)23-26-11-13-34(48-39(26)54-4)33-10-6-9-32(38(33)44)31-8-5-7-30(37(31)43)25-15-17-50-35(19-25)46-21-27(40(50)52)20-45-22-29-16-18-55-29/h5-11,13,15,17,19,21,28-29,45H,12,14,16,18,20,22-24H2,1-4H3,(H,47,51)/t28-,29-/m0/s1. The van der Waals surface area contributed by atoms with Crippen LogP contribution in [0.1, 0.15) is 51.2 Å². The van der Waals surface area contributed by atoms with E-state index >= 15 is 0 Å². The van der Waals surface area contributed by atoms with E-state index in [2.05, 4.69) is 15.6 Å². The number of hydrogen-bond acceptors (Lipinski definition) is 9. The summed E-state index contributed by atoms with van der Waals surface area (Å²) in [4.78, 5) is 49.4. The number of halogens is 2. The molecule has 0 radical (unpaired) electrons. The van der Waals surface area contributed by atoms with Gasteiger partial charge in [0.2, 0.25) is 11.8 Å². The molecule has 5 heterocycles. The first-order valence-corrected chi connectivity index (χ1v) is 19.4. The summed E-state index contributed by atoms with van der Waals surface area (Å²) >= 11 is 14.3. The van der Waals surface area contributed by atoms with Gasteiger partial charge in [0.15, 0.2) is 0 Å². The van der Waals surface area contributed by atoms with Crippen LogP contribution in [0.15, 0.2) is 77.9 Å². The van der Waals surface area contributed by atoms with E-state index in [4.69, 9.17) is 42.4 Å². The summed E-state index contributed by atoms with van der Waals surface area (Å²) in [5.74, 6) is 0.288. The van der Waals surface area contributed by atoms with Crippen LogP contribution in [-0.4, -0.2) is 75.8 Å². The number of amides is 2. The van der Waals surface area contributed by atoms with Gasteiger partial charge in [-0.15, -0.1) is 0 Å². The van der Waals surface area contributed by atoms with Gasteiger partial charge in [-0.1, -0.05) is 59.6 Å². The summed E-state index contributed by atoms with van der Waals surface area (Å²) in [6.45, 7) is 7.76. The molecule has 2 amide bonds. The van der Waals surface area contributed by atoms with Gasteiger partial charge < -0.3 is 29.7 Å². The molecule has 0 saturated carbocycles. The summed E-state index contributed by atoms with van der Waals surface area (Å²) < 4.78 is 18.4. The summed E-state index contributed by atoms with van der Waals surface area (Å²) in [6, 6.07) is 18.6. The van der Waals surface area contributed by atoms with Crippen LogP contribution < -0.4 is 20.9 Å². The molecule has 0 spiro atoms. The van der Waals surface area contributed by atoms with E-state index in [1.54, 1.807) is 17.3 Å². The number of nitrogens with zero attached hydrogens (tertiary/aromatic N) is 4. The summed E-state index contributed by atoms with van der Waals surface area (Å²) in [5.41, 5.74) is 5.09. The second-order valence-electron chi connectivity index (χ2n) is 15.0. The fourth-order valence-corrected chi connectivity index (χ4v) is 7.51. The number of aromatic nitrogens is 3. The van der Waals surface area contributed by atoms with E-state index in [0.717, 1.165) is 24.2 Å². The Bertz CT molecular complexity index is 2340. The maximum absolute atomic E-state index is 13.3. The molecule has 0 bridgehead atoms. The highest BCUT2D eigenvalue weighted by atomic mass is 35.5. The smallest absolute Gasteiger partial charge is 0.410 e. The predicted molar refractivity (Wildman–Crippen MR) is 216 cm³/mol. The van der Waals surface area contributed by atoms with Crippen molar-refractivity contribution >= 4 is 40.8 Å². The number of hydrogen-bond donors (Lipinski definition) is 2. The van der Waals surface area contributed by atoms with Crippen molar-refractivity contribution in [2.24, 2.45) is 0 Å². The Hall–Kier alpha value is -5.01. The van der Waals surface area contributed by atoms with Crippen molar-refractivity contribution in [3.63, 3.8) is 0 Å². The van der Waals surface area contributed by atoms with Gasteiger partial charge >= 0.3 is 6.09 Å². The number of pyridine rings is 2. The number of rotatable bonds is 12. The predicted octanol–water partition coefficient (Wildman–Crippen LogP) is 7.30. The van der Waals surface area contributed by atoms with Crippen molar-refractivity contribution in [2.45, 2.75) is 70.9 Å². The monoisotopic (exact) mass is 798 g/mol. The molecule has 2 atom stereocenters. The topological polar surface area (TPSA) is 136 Å². The van der Waals surface area contributed by atoms with Gasteiger partial charge in [0, 0.05) is 84.5 Å². The Morgan fingerprint density at radius 2 is 1.71 bits per heavy atom. The Morgan fingerprint density at radius 3 is 2.38 bits per heavy atom. The van der Waals surface area contributed by atoms with Crippen LogP contribution in [0.4, 0.5) is 4.79 Å². The zero-order chi connectivity index (χ0) is 39.6. The van der Waals surface area contributed by atoms with Crippen molar-refractivity contribution in [2.75, 3.05) is 26.8 Å². The average Bonchev–Trinajstić information content (AvgIpc) is 3.57. The Labute approximate surface area is 335 Å². The lowest BCUT2D eigenvalue weighted by Gasteiger charge is -2.29. The van der Waals surface area contributed by atoms with Gasteiger partial charge in [-0.2, -0.15) is 0 Å². The molecule has 3 aromatic heterocycles. The lowest BCUT2D eigenvalue weighted by molar-refractivity contribution is -0.119. The van der Waals surface area contributed by atoms with Gasteiger partial charge in [-0.05, 0) is 63.4 Å². The molecular formula is C42H44Cl2N6O6. The van der Waals surface area contributed by atoms with Crippen molar-refractivity contribution in [3.05, 3.63) is 105 Å². The third-order valence-corrected chi connectivity index (χ3v) is 10.6. The largest absolute Gasteiger partial charge is 0.481 e. The first-order chi connectivity index (χ1) is 26.9. The number of methoxy groups -OCH3 is 1. The molecule has 12 nitrogen and oxygen atoms in total. The lowest BCUT2D eigenvalue weighted by Crippen LogP contribution is -2.43. The van der Waals surface area contributed by atoms with Crippen molar-refractivity contribution in [3.8, 4) is 39.4 Å². The average molecular weight is 800 g/mol. The fourth-order valence-electron chi connectivity index (χ4n) is 6.85. The second-order valence-corrected chi connectivity index (χ2v) is 15.8. The minimum Gasteiger partial charge on any atom is -0.481 e. The van der Waals surface area contributed by atoms with Gasteiger partial charge in [0.1, 0.15) is 11.2 Å². The summed E-state index contributed by atoms with van der Waals surface area (Å²) in [6.07, 6.45) is 5.11. The highest BCUT2D eigenvalue weighted by molar-refractivity contribution is 6.39. The van der Waals surface area contributed by atoms with Gasteiger partial charge in [-0.25, -0.2) is 14.8 Å². The van der Waals surface area contributed by atoms with E-state index in [0.29, 0.717) is 81.0 Å². The molecule has 0 aliphatic carbocycles. The van der Waals surface area contributed by atoms with Crippen LogP contribution in [0, 0.1) is 0 Å². The van der Waals surface area contributed by atoms with Crippen LogP contribution in [0.25, 0.3) is 39.2 Å². The molecule has 2 fully saturated rings. The number of carbonyl (C=O) groups excluding carboxylic acids is 2. The molecule has 7 rings (SSSR count). The molecule has 14 heteroatoms. The Balaban J connectivity index is 1.14. The maximum Gasteiger partial charge on any atom is 0.410 e. The van der Waals surface area contributed by atoms with Crippen LogP contribution in [0.2, 0.25) is 10.0 Å². The number of carbonyl (C=O) groups is 2. The molecular weight excluding hydrogens is 755 g/mol. The molecule has 292 valence electrons. The fraction of sp³-hybridized carbons (Fsp3) is 0.357. The van der Waals surface area contributed by atoms with E-state index < -0.39 is 11.7 Å². The zero-order valence-electron chi connectivity index (χ0n) is 31.7. The van der Waals surface area contributed by atoms with Crippen LogP contribution >= 0.6 is 23.2 Å². The normalized spacial score (nSPS) is 16.7. The zero-order valence-corrected chi connectivity index (χ0v) is 33.2. The van der Waals surface area contributed by atoms with Gasteiger partial charge in [-0.3, -0.25) is 14.0 Å². The third kappa shape index (κ3) is 8.68. The molecule has 5 aromatic rings. The number of fused-ring (bicyclic) bond motifs is 1. The highest BCUT2D eigenvalue weighted by Crippen LogP contribution is 2.42. The Kier molecular flexibility index (Phi) is 11.6. The minimum absolute atomic E-state index is 0.0352. The van der Waals surface area contributed by atoms with Gasteiger partial charge in [0.25, 0.3) is 5.56 Å². The highest BCUT2D eigenvalue weighted by Gasteiger charge is 2.29. The Morgan fingerprint density at radius 1 is 1.00 bits per heavy atom. The minimum atomic E-state index is -0.703. The van der Waals surface area contributed by atoms with E-state index in [1.807, 2.05) is 81.4 Å². The second kappa shape index (κ2) is 16.6. The van der Waals surface area contributed by atoms with E-state index in [1.165, 1.54) is 11.5 Å². The molecule has 2 aromatic carbocycles. The first kappa shape index (κ1) is 39.2.